The molecule has 7 unspecified atom stereocenters. The van der Waals surface area contributed by atoms with Crippen LogP contribution in [0.5, 0.6) is 0 Å². The SMILES string of the molecule is CC1(C)C(C2=CCC(C(=O)OCc3ccccc3)CC2)=CCC2(C)C1CCC1(C)C2CCC2[C@H]3CCCC3(NCCCl)CC[C@]21C. The molecule has 0 saturated heterocycles. The second-order valence-electron chi connectivity index (χ2n) is 17.8. The van der Waals surface area contributed by atoms with Gasteiger partial charge in [-0.2, -0.15) is 0 Å². The average Bonchev–Trinajstić information content (AvgIpc) is 3.48. The Morgan fingerprint density at radius 1 is 0.870 bits per heavy atom. The first-order chi connectivity index (χ1) is 22.0. The summed E-state index contributed by atoms with van der Waals surface area (Å²) in [6, 6.07) is 10.0. The molecule has 7 rings (SSSR count). The zero-order valence-corrected chi connectivity index (χ0v) is 30.2. The van der Waals surface area contributed by atoms with Crippen molar-refractivity contribution in [2.75, 3.05) is 12.4 Å². The maximum absolute atomic E-state index is 13.0. The van der Waals surface area contributed by atoms with Crippen molar-refractivity contribution in [2.24, 2.45) is 51.2 Å². The van der Waals surface area contributed by atoms with E-state index in [0.717, 1.165) is 55.0 Å². The first-order valence-corrected chi connectivity index (χ1v) is 19.4. The zero-order chi connectivity index (χ0) is 32.4. The molecule has 0 aromatic heterocycles. The fourth-order valence-corrected chi connectivity index (χ4v) is 13.6. The Hall–Kier alpha value is -1.58. The van der Waals surface area contributed by atoms with Crippen LogP contribution in [-0.2, 0) is 16.1 Å². The molecule has 6 aliphatic carbocycles. The number of hydrogen-bond acceptors (Lipinski definition) is 3. The van der Waals surface area contributed by atoms with E-state index in [4.69, 9.17) is 16.3 Å². The number of allylic oxidation sites excluding steroid dienone is 4. The molecular formula is C42H60ClNO2. The summed E-state index contributed by atoms with van der Waals surface area (Å²) in [6.07, 6.45) is 21.4. The summed E-state index contributed by atoms with van der Waals surface area (Å²) in [5, 5.41) is 4.03. The van der Waals surface area contributed by atoms with Gasteiger partial charge in [0.05, 0.1) is 5.92 Å². The van der Waals surface area contributed by atoms with Crippen molar-refractivity contribution < 1.29 is 9.53 Å². The van der Waals surface area contributed by atoms with E-state index in [-0.39, 0.29) is 17.3 Å². The number of halogens is 1. The molecule has 6 aliphatic rings. The summed E-state index contributed by atoms with van der Waals surface area (Å²) in [7, 11) is 0. The van der Waals surface area contributed by atoms with Gasteiger partial charge in [-0.25, -0.2) is 0 Å². The van der Waals surface area contributed by atoms with Crippen LogP contribution in [0.3, 0.4) is 0 Å². The van der Waals surface area contributed by atoms with Gasteiger partial charge in [0.1, 0.15) is 6.61 Å². The van der Waals surface area contributed by atoms with E-state index in [0.29, 0.717) is 34.3 Å². The third-order valence-electron chi connectivity index (χ3n) is 15.8. The zero-order valence-electron chi connectivity index (χ0n) is 29.4. The molecule has 0 bridgehead atoms. The molecule has 0 amide bonds. The number of esters is 1. The van der Waals surface area contributed by atoms with Crippen LogP contribution in [0, 0.1) is 51.2 Å². The Bertz CT molecular complexity index is 1370. The van der Waals surface area contributed by atoms with Crippen LogP contribution in [-0.4, -0.2) is 23.9 Å². The highest BCUT2D eigenvalue weighted by atomic mass is 35.5. The molecule has 1 N–H and O–H groups in total. The number of carbonyl (C=O) groups excluding carboxylic acids is 1. The van der Waals surface area contributed by atoms with Gasteiger partial charge in [0.2, 0.25) is 0 Å². The van der Waals surface area contributed by atoms with Gasteiger partial charge in [-0.05, 0) is 139 Å². The molecule has 0 radical (unpaired) electrons. The topological polar surface area (TPSA) is 38.3 Å². The van der Waals surface area contributed by atoms with Crippen molar-refractivity contribution in [3.63, 3.8) is 0 Å². The molecular weight excluding hydrogens is 586 g/mol. The summed E-state index contributed by atoms with van der Waals surface area (Å²) >= 11 is 6.21. The highest BCUT2D eigenvalue weighted by Crippen LogP contribution is 2.76. The Kier molecular flexibility index (Phi) is 8.65. The van der Waals surface area contributed by atoms with Gasteiger partial charge < -0.3 is 10.1 Å². The molecule has 4 saturated carbocycles. The van der Waals surface area contributed by atoms with Crippen molar-refractivity contribution in [1.29, 1.82) is 0 Å². The number of rotatable bonds is 7. The predicted molar refractivity (Wildman–Crippen MR) is 189 cm³/mol. The Morgan fingerprint density at radius 3 is 2.41 bits per heavy atom. The monoisotopic (exact) mass is 645 g/mol. The minimum Gasteiger partial charge on any atom is -0.461 e. The second-order valence-corrected chi connectivity index (χ2v) is 18.2. The molecule has 0 spiro atoms. The summed E-state index contributed by atoms with van der Waals surface area (Å²) in [4.78, 5) is 13.0. The molecule has 4 heteroatoms. The minimum absolute atomic E-state index is 0.0180. The third-order valence-corrected chi connectivity index (χ3v) is 16.0. The van der Waals surface area contributed by atoms with E-state index < -0.39 is 0 Å². The molecule has 252 valence electrons. The minimum atomic E-state index is -0.0355. The van der Waals surface area contributed by atoms with Gasteiger partial charge >= 0.3 is 5.97 Å². The number of fused-ring (bicyclic) bond motifs is 7. The largest absolute Gasteiger partial charge is 0.461 e. The fourth-order valence-electron chi connectivity index (χ4n) is 13.5. The van der Waals surface area contributed by atoms with Crippen molar-refractivity contribution in [2.45, 2.75) is 130 Å². The molecule has 9 atom stereocenters. The van der Waals surface area contributed by atoms with Crippen LogP contribution in [0.2, 0.25) is 0 Å². The lowest BCUT2D eigenvalue weighted by Gasteiger charge is -2.72. The first-order valence-electron chi connectivity index (χ1n) is 18.9. The third kappa shape index (κ3) is 5.02. The van der Waals surface area contributed by atoms with Gasteiger partial charge in [0.25, 0.3) is 0 Å². The van der Waals surface area contributed by atoms with Crippen LogP contribution < -0.4 is 5.32 Å². The predicted octanol–water partition coefficient (Wildman–Crippen LogP) is 10.4. The highest BCUT2D eigenvalue weighted by Gasteiger charge is 2.69. The average molecular weight is 646 g/mol. The summed E-state index contributed by atoms with van der Waals surface area (Å²) in [5.41, 5.74) is 5.83. The van der Waals surface area contributed by atoms with Crippen molar-refractivity contribution in [3.8, 4) is 0 Å². The number of benzene rings is 1. The number of carbonyl (C=O) groups is 1. The van der Waals surface area contributed by atoms with Gasteiger partial charge in [-0.15, -0.1) is 11.6 Å². The molecule has 0 aliphatic heterocycles. The molecule has 46 heavy (non-hydrogen) atoms. The van der Waals surface area contributed by atoms with E-state index in [1.54, 1.807) is 5.57 Å². The van der Waals surface area contributed by atoms with Crippen LogP contribution in [0.4, 0.5) is 0 Å². The molecule has 3 nitrogen and oxygen atoms in total. The van der Waals surface area contributed by atoms with E-state index in [2.05, 4.69) is 52.1 Å². The Morgan fingerprint density at radius 2 is 1.67 bits per heavy atom. The van der Waals surface area contributed by atoms with Gasteiger partial charge in [0.15, 0.2) is 0 Å². The van der Waals surface area contributed by atoms with Crippen molar-refractivity contribution in [1.82, 2.24) is 5.32 Å². The number of hydrogen-bond donors (Lipinski definition) is 1. The van der Waals surface area contributed by atoms with Gasteiger partial charge in [-0.1, -0.05) is 83.5 Å². The lowest BCUT2D eigenvalue weighted by molar-refractivity contribution is -0.218. The fraction of sp³-hybridized carbons (Fsp3) is 0.738. The summed E-state index contributed by atoms with van der Waals surface area (Å²) < 4.78 is 5.73. The van der Waals surface area contributed by atoms with E-state index in [1.807, 2.05) is 30.3 Å². The van der Waals surface area contributed by atoms with Crippen molar-refractivity contribution >= 4 is 17.6 Å². The van der Waals surface area contributed by atoms with Crippen LogP contribution in [0.15, 0.2) is 53.6 Å². The van der Waals surface area contributed by atoms with E-state index in [1.165, 1.54) is 69.8 Å². The first kappa shape index (κ1) is 32.9. The second kappa shape index (κ2) is 12.1. The molecule has 4 fully saturated rings. The van der Waals surface area contributed by atoms with Crippen LogP contribution in [0.25, 0.3) is 0 Å². The molecule has 1 aromatic rings. The highest BCUT2D eigenvalue weighted by molar-refractivity contribution is 6.18. The number of alkyl halides is 1. The Labute approximate surface area is 284 Å². The summed E-state index contributed by atoms with van der Waals surface area (Å²) in [6.45, 7) is 14.7. The van der Waals surface area contributed by atoms with Crippen LogP contribution >= 0.6 is 11.6 Å². The maximum atomic E-state index is 13.0. The van der Waals surface area contributed by atoms with Crippen LogP contribution in [0.1, 0.15) is 124 Å². The summed E-state index contributed by atoms with van der Waals surface area (Å²) in [5.74, 6) is 3.82. The van der Waals surface area contributed by atoms with E-state index >= 15 is 0 Å². The number of ether oxygens (including phenoxy) is 1. The lowest BCUT2D eigenvalue weighted by Crippen LogP contribution is -2.67. The quantitative estimate of drug-likeness (QED) is 0.237. The lowest BCUT2D eigenvalue weighted by atomic mass is 9.33. The van der Waals surface area contributed by atoms with Crippen molar-refractivity contribution in [3.05, 3.63) is 59.2 Å². The smallest absolute Gasteiger partial charge is 0.309 e. The Balaban J connectivity index is 1.08. The molecule has 0 heterocycles. The van der Waals surface area contributed by atoms with Gasteiger partial charge in [-0.3, -0.25) is 4.79 Å². The standard InChI is InChI=1S/C42H60ClNO2/c1-38(2)32(30-13-15-31(16-14-30)37(45)46-28-29-10-7-6-8-11-29)19-22-39(3)35(38)20-23-41(5)36(39)18-17-33-34-12-9-21-42(34,44-27-26-43)25-24-40(33,41)4/h6-8,10-11,13,19,31,33-36,44H,9,12,14-18,20-28H2,1-5H3/t31?,33?,34-,35?,36?,39?,40-,41?,42?/m1/s1. The van der Waals surface area contributed by atoms with Gasteiger partial charge in [0, 0.05) is 18.0 Å². The molecule has 1 aromatic carbocycles. The van der Waals surface area contributed by atoms with E-state index in [9.17, 15) is 4.79 Å². The number of nitrogens with one attached hydrogen (secondary N) is 1. The maximum Gasteiger partial charge on any atom is 0.309 e. The normalized spacial score (nSPS) is 42.9.